The fraction of sp³-hybridized carbons (Fsp3) is 0.611. The van der Waals surface area contributed by atoms with Crippen molar-refractivity contribution < 1.29 is 4.79 Å². The molecule has 2 nitrogen and oxygen atoms in total. The van der Waals surface area contributed by atoms with Crippen LogP contribution in [0.15, 0.2) is 24.3 Å². The maximum absolute atomic E-state index is 12.6. The van der Waals surface area contributed by atoms with Crippen molar-refractivity contribution in [1.82, 2.24) is 0 Å². The molecule has 0 bridgehead atoms. The predicted molar refractivity (Wildman–Crippen MR) is 87.4 cm³/mol. The van der Waals surface area contributed by atoms with Gasteiger partial charge in [-0.3, -0.25) is 4.79 Å². The molecule has 0 aliphatic heterocycles. The molecule has 3 rings (SSSR count). The quantitative estimate of drug-likeness (QED) is 0.785. The Labute approximate surface area is 132 Å². The number of benzene rings is 1. The number of hydrogen-bond donors (Lipinski definition) is 1. The van der Waals surface area contributed by atoms with Crippen LogP contribution >= 0.6 is 11.6 Å². The maximum atomic E-state index is 12.6. The Balaban J connectivity index is 1.63. The fourth-order valence-corrected chi connectivity index (χ4v) is 4.34. The Morgan fingerprint density at radius 2 is 1.86 bits per heavy atom. The van der Waals surface area contributed by atoms with E-state index in [1.165, 1.54) is 32.1 Å². The molecule has 0 saturated heterocycles. The van der Waals surface area contributed by atoms with Crippen LogP contribution in [0.25, 0.3) is 0 Å². The number of nitrogens with one attached hydrogen (secondary N) is 1. The van der Waals surface area contributed by atoms with E-state index < -0.39 is 0 Å². The molecule has 3 atom stereocenters. The van der Waals surface area contributed by atoms with E-state index in [0.29, 0.717) is 5.88 Å². The van der Waals surface area contributed by atoms with Crippen molar-refractivity contribution >= 4 is 23.2 Å². The molecule has 0 heterocycles. The second-order valence-electron chi connectivity index (χ2n) is 6.59. The van der Waals surface area contributed by atoms with Gasteiger partial charge in [0.25, 0.3) is 0 Å². The van der Waals surface area contributed by atoms with Gasteiger partial charge in [0, 0.05) is 17.5 Å². The number of amides is 1. The van der Waals surface area contributed by atoms with E-state index >= 15 is 0 Å². The zero-order valence-electron chi connectivity index (χ0n) is 12.5. The number of anilines is 1. The van der Waals surface area contributed by atoms with Gasteiger partial charge in [-0.25, -0.2) is 0 Å². The minimum Gasteiger partial charge on any atom is -0.326 e. The first-order valence-electron chi connectivity index (χ1n) is 8.22. The molecule has 2 saturated carbocycles. The van der Waals surface area contributed by atoms with E-state index in [0.717, 1.165) is 35.9 Å². The zero-order chi connectivity index (χ0) is 14.7. The number of carbonyl (C=O) groups is 1. The summed E-state index contributed by atoms with van der Waals surface area (Å²) in [4.78, 5) is 12.6. The van der Waals surface area contributed by atoms with Crippen LogP contribution in [0.2, 0.25) is 0 Å². The summed E-state index contributed by atoms with van der Waals surface area (Å²) in [6.07, 6.45) is 8.82. The molecule has 3 unspecified atom stereocenters. The van der Waals surface area contributed by atoms with Gasteiger partial charge in [-0.1, -0.05) is 43.9 Å². The van der Waals surface area contributed by atoms with Crippen molar-refractivity contribution in [2.24, 2.45) is 17.8 Å². The lowest BCUT2D eigenvalue weighted by Gasteiger charge is -2.38. The van der Waals surface area contributed by atoms with Crippen LogP contribution in [0, 0.1) is 17.8 Å². The van der Waals surface area contributed by atoms with E-state index in [-0.39, 0.29) is 11.8 Å². The normalized spacial score (nSPS) is 28.7. The van der Waals surface area contributed by atoms with Crippen LogP contribution in [0.4, 0.5) is 5.69 Å². The lowest BCUT2D eigenvalue weighted by atomic mass is 9.67. The lowest BCUT2D eigenvalue weighted by Crippen LogP contribution is -2.34. The number of fused-ring (bicyclic) bond motifs is 1. The SMILES string of the molecule is O=C(Nc1ccccc1CCl)C1CCC2CCCCC2C1. The van der Waals surface area contributed by atoms with Crippen LogP contribution in [0.5, 0.6) is 0 Å². The summed E-state index contributed by atoms with van der Waals surface area (Å²) in [5.41, 5.74) is 1.88. The summed E-state index contributed by atoms with van der Waals surface area (Å²) >= 11 is 5.94. The van der Waals surface area contributed by atoms with Crippen molar-refractivity contribution in [1.29, 1.82) is 0 Å². The molecule has 0 aromatic heterocycles. The summed E-state index contributed by atoms with van der Waals surface area (Å²) < 4.78 is 0. The average Bonchev–Trinajstić information content (AvgIpc) is 2.55. The molecule has 0 spiro atoms. The number of hydrogen-bond acceptors (Lipinski definition) is 1. The smallest absolute Gasteiger partial charge is 0.227 e. The van der Waals surface area contributed by atoms with Crippen molar-refractivity contribution in [2.75, 3.05) is 5.32 Å². The largest absolute Gasteiger partial charge is 0.326 e. The molecule has 1 N–H and O–H groups in total. The van der Waals surface area contributed by atoms with E-state index in [2.05, 4.69) is 5.32 Å². The van der Waals surface area contributed by atoms with Crippen molar-refractivity contribution in [2.45, 2.75) is 50.8 Å². The molecule has 2 aliphatic rings. The molecule has 3 heteroatoms. The van der Waals surface area contributed by atoms with Gasteiger partial charge >= 0.3 is 0 Å². The summed E-state index contributed by atoms with van der Waals surface area (Å²) in [6, 6.07) is 7.83. The predicted octanol–water partition coefficient (Wildman–Crippen LogP) is 4.97. The van der Waals surface area contributed by atoms with Gasteiger partial charge in [0.05, 0.1) is 0 Å². The van der Waals surface area contributed by atoms with Gasteiger partial charge in [-0.05, 0) is 42.7 Å². The topological polar surface area (TPSA) is 29.1 Å². The van der Waals surface area contributed by atoms with Gasteiger partial charge < -0.3 is 5.32 Å². The second-order valence-corrected chi connectivity index (χ2v) is 6.86. The maximum Gasteiger partial charge on any atom is 0.227 e. The summed E-state index contributed by atoms with van der Waals surface area (Å²) in [7, 11) is 0. The third-order valence-corrected chi connectivity index (χ3v) is 5.62. The summed E-state index contributed by atoms with van der Waals surface area (Å²) in [5, 5.41) is 3.10. The second kappa shape index (κ2) is 6.83. The van der Waals surface area contributed by atoms with Crippen LogP contribution in [-0.2, 0) is 10.7 Å². The highest BCUT2D eigenvalue weighted by molar-refractivity contribution is 6.17. The number of halogens is 1. The minimum atomic E-state index is 0.188. The number of alkyl halides is 1. The Morgan fingerprint density at radius 3 is 2.67 bits per heavy atom. The minimum absolute atomic E-state index is 0.188. The number of carbonyl (C=O) groups excluding carboxylic acids is 1. The highest BCUT2D eigenvalue weighted by Crippen LogP contribution is 2.42. The third kappa shape index (κ3) is 3.42. The number of para-hydroxylation sites is 1. The van der Waals surface area contributed by atoms with E-state index in [4.69, 9.17) is 11.6 Å². The summed E-state index contributed by atoms with van der Waals surface area (Å²) in [5.74, 6) is 2.49. The van der Waals surface area contributed by atoms with Crippen LogP contribution in [-0.4, -0.2) is 5.91 Å². The Morgan fingerprint density at radius 1 is 1.10 bits per heavy atom. The van der Waals surface area contributed by atoms with Crippen LogP contribution in [0.3, 0.4) is 0 Å². The highest BCUT2D eigenvalue weighted by atomic mass is 35.5. The first-order chi connectivity index (χ1) is 10.3. The Bertz CT molecular complexity index is 502. The van der Waals surface area contributed by atoms with E-state index in [1.54, 1.807) is 0 Å². The van der Waals surface area contributed by atoms with Crippen molar-refractivity contribution in [3.8, 4) is 0 Å². The van der Waals surface area contributed by atoms with Crippen LogP contribution in [0.1, 0.15) is 50.5 Å². The fourth-order valence-electron chi connectivity index (χ4n) is 4.11. The Hall–Kier alpha value is -1.02. The molecule has 1 aromatic carbocycles. The molecular formula is C18H24ClNO. The summed E-state index contributed by atoms with van der Waals surface area (Å²) in [6.45, 7) is 0. The van der Waals surface area contributed by atoms with E-state index in [1.807, 2.05) is 24.3 Å². The zero-order valence-corrected chi connectivity index (χ0v) is 13.2. The Kier molecular flexibility index (Phi) is 4.84. The van der Waals surface area contributed by atoms with Gasteiger partial charge in [-0.15, -0.1) is 11.6 Å². The van der Waals surface area contributed by atoms with Gasteiger partial charge in [0.2, 0.25) is 5.91 Å². The molecule has 114 valence electrons. The van der Waals surface area contributed by atoms with Crippen molar-refractivity contribution in [3.05, 3.63) is 29.8 Å². The first kappa shape index (κ1) is 14.9. The highest BCUT2D eigenvalue weighted by Gasteiger charge is 2.35. The molecular weight excluding hydrogens is 282 g/mol. The number of rotatable bonds is 3. The molecule has 2 fully saturated rings. The van der Waals surface area contributed by atoms with Gasteiger partial charge in [0.1, 0.15) is 0 Å². The molecule has 1 amide bonds. The molecule has 0 radical (unpaired) electrons. The molecule has 2 aliphatic carbocycles. The van der Waals surface area contributed by atoms with Gasteiger partial charge in [0.15, 0.2) is 0 Å². The van der Waals surface area contributed by atoms with Gasteiger partial charge in [-0.2, -0.15) is 0 Å². The van der Waals surface area contributed by atoms with E-state index in [9.17, 15) is 4.79 Å². The first-order valence-corrected chi connectivity index (χ1v) is 8.76. The monoisotopic (exact) mass is 305 g/mol. The van der Waals surface area contributed by atoms with Crippen molar-refractivity contribution in [3.63, 3.8) is 0 Å². The standard InChI is InChI=1S/C18H24ClNO/c19-12-16-7-3-4-8-17(16)20-18(21)15-10-9-13-5-1-2-6-14(13)11-15/h3-4,7-8,13-15H,1-2,5-6,9-12H2,(H,20,21). The lowest BCUT2D eigenvalue weighted by molar-refractivity contribution is -0.122. The average molecular weight is 306 g/mol. The molecule has 1 aromatic rings. The van der Waals surface area contributed by atoms with Crippen LogP contribution < -0.4 is 5.32 Å². The molecule has 21 heavy (non-hydrogen) atoms. The third-order valence-electron chi connectivity index (χ3n) is 5.33.